The third kappa shape index (κ3) is 3.71. The van der Waals surface area contributed by atoms with Gasteiger partial charge in [0.05, 0.1) is 6.10 Å². The second-order valence-corrected chi connectivity index (χ2v) is 5.72. The standard InChI is InChI=1S/C15H24N4O2/c1-10(2)13-7-11(8-14(17-13)18-16)15(20)19-6-4-5-12(9-19)21-3/h7-8,10,12H,4-6,9,16H2,1-3H3,(H,17,18). The molecule has 116 valence electrons. The number of piperidine rings is 1. The van der Waals surface area contributed by atoms with Crippen LogP contribution in [-0.2, 0) is 4.74 Å². The molecule has 1 aromatic rings. The zero-order valence-corrected chi connectivity index (χ0v) is 12.9. The first-order valence-corrected chi connectivity index (χ1v) is 7.35. The van der Waals surface area contributed by atoms with Crippen LogP contribution >= 0.6 is 0 Å². The Balaban J connectivity index is 2.23. The van der Waals surface area contributed by atoms with Crippen molar-refractivity contribution in [2.24, 2.45) is 5.84 Å². The van der Waals surface area contributed by atoms with Gasteiger partial charge >= 0.3 is 0 Å². The molecule has 1 aromatic heterocycles. The molecule has 0 radical (unpaired) electrons. The summed E-state index contributed by atoms with van der Waals surface area (Å²) in [5.74, 6) is 6.22. The number of nitrogen functional groups attached to an aromatic ring is 1. The van der Waals surface area contributed by atoms with E-state index >= 15 is 0 Å². The Morgan fingerprint density at radius 3 is 2.90 bits per heavy atom. The number of nitrogens with one attached hydrogen (secondary N) is 1. The number of ether oxygens (including phenoxy) is 1. The van der Waals surface area contributed by atoms with Crippen LogP contribution < -0.4 is 11.3 Å². The minimum absolute atomic E-state index is 0.0116. The molecule has 1 amide bonds. The molecule has 0 spiro atoms. The number of methoxy groups -OCH3 is 1. The Kier molecular flexibility index (Phi) is 5.14. The summed E-state index contributed by atoms with van der Waals surface area (Å²) in [6, 6.07) is 3.55. The number of pyridine rings is 1. The lowest BCUT2D eigenvalue weighted by Crippen LogP contribution is -2.43. The molecule has 0 aliphatic carbocycles. The summed E-state index contributed by atoms with van der Waals surface area (Å²) < 4.78 is 5.38. The van der Waals surface area contributed by atoms with Crippen molar-refractivity contribution in [3.63, 3.8) is 0 Å². The summed E-state index contributed by atoms with van der Waals surface area (Å²) in [6.07, 6.45) is 2.10. The van der Waals surface area contributed by atoms with Gasteiger partial charge in [-0.05, 0) is 30.9 Å². The zero-order chi connectivity index (χ0) is 15.4. The molecule has 1 aliphatic rings. The quantitative estimate of drug-likeness (QED) is 0.652. The second kappa shape index (κ2) is 6.87. The number of hydrogen-bond donors (Lipinski definition) is 2. The molecule has 6 nitrogen and oxygen atoms in total. The Bertz CT molecular complexity index is 504. The van der Waals surface area contributed by atoms with E-state index in [1.54, 1.807) is 13.2 Å². The van der Waals surface area contributed by atoms with Crippen molar-refractivity contribution < 1.29 is 9.53 Å². The molecule has 1 saturated heterocycles. The van der Waals surface area contributed by atoms with Gasteiger partial charge in [0.1, 0.15) is 5.82 Å². The highest BCUT2D eigenvalue weighted by molar-refractivity contribution is 5.95. The summed E-state index contributed by atoms with van der Waals surface area (Å²) >= 11 is 0. The van der Waals surface area contributed by atoms with E-state index in [4.69, 9.17) is 10.6 Å². The van der Waals surface area contributed by atoms with Crippen molar-refractivity contribution in [1.82, 2.24) is 9.88 Å². The maximum Gasteiger partial charge on any atom is 0.254 e. The zero-order valence-electron chi connectivity index (χ0n) is 12.9. The Labute approximate surface area is 125 Å². The number of aromatic nitrogens is 1. The molecule has 6 heteroatoms. The van der Waals surface area contributed by atoms with Crippen LogP contribution in [0.25, 0.3) is 0 Å². The number of carbonyl (C=O) groups excluding carboxylic acids is 1. The lowest BCUT2D eigenvalue weighted by Gasteiger charge is -2.32. The molecule has 2 rings (SSSR count). The van der Waals surface area contributed by atoms with Crippen molar-refractivity contribution in [1.29, 1.82) is 0 Å². The molecule has 0 bridgehead atoms. The van der Waals surface area contributed by atoms with Gasteiger partial charge in [0.15, 0.2) is 0 Å². The predicted molar refractivity (Wildman–Crippen MR) is 82.1 cm³/mol. The highest BCUT2D eigenvalue weighted by Gasteiger charge is 2.25. The van der Waals surface area contributed by atoms with E-state index in [0.717, 1.165) is 25.1 Å². The van der Waals surface area contributed by atoms with Gasteiger partial charge in [0, 0.05) is 31.5 Å². The number of amides is 1. The highest BCUT2D eigenvalue weighted by atomic mass is 16.5. The van der Waals surface area contributed by atoms with Crippen LogP contribution in [0, 0.1) is 0 Å². The number of carbonyl (C=O) groups is 1. The number of anilines is 1. The fraction of sp³-hybridized carbons (Fsp3) is 0.600. The van der Waals surface area contributed by atoms with E-state index in [9.17, 15) is 4.79 Å². The first-order valence-electron chi connectivity index (χ1n) is 7.35. The summed E-state index contributed by atoms with van der Waals surface area (Å²) in [4.78, 5) is 18.9. The number of nitrogens with two attached hydrogens (primary N) is 1. The summed E-state index contributed by atoms with van der Waals surface area (Å²) in [6.45, 7) is 5.49. The Hall–Kier alpha value is -1.66. The van der Waals surface area contributed by atoms with Gasteiger partial charge in [-0.2, -0.15) is 0 Å². The van der Waals surface area contributed by atoms with Crippen molar-refractivity contribution in [3.8, 4) is 0 Å². The van der Waals surface area contributed by atoms with E-state index in [1.165, 1.54) is 0 Å². The van der Waals surface area contributed by atoms with Crippen molar-refractivity contribution in [3.05, 3.63) is 23.4 Å². The molecule has 3 N–H and O–H groups in total. The molecule has 0 aromatic carbocycles. The lowest BCUT2D eigenvalue weighted by atomic mass is 10.0. The van der Waals surface area contributed by atoms with E-state index in [0.29, 0.717) is 17.9 Å². The smallest absolute Gasteiger partial charge is 0.254 e. The van der Waals surface area contributed by atoms with E-state index in [-0.39, 0.29) is 17.9 Å². The monoisotopic (exact) mass is 292 g/mol. The van der Waals surface area contributed by atoms with Crippen LogP contribution in [0.15, 0.2) is 12.1 Å². The summed E-state index contributed by atoms with van der Waals surface area (Å²) in [7, 11) is 1.69. The first-order chi connectivity index (χ1) is 10.0. The highest BCUT2D eigenvalue weighted by Crippen LogP contribution is 2.20. The fourth-order valence-electron chi connectivity index (χ4n) is 2.54. The molecule has 1 unspecified atom stereocenters. The average molecular weight is 292 g/mol. The average Bonchev–Trinajstić information content (AvgIpc) is 2.53. The number of hydrogen-bond acceptors (Lipinski definition) is 5. The summed E-state index contributed by atoms with van der Waals surface area (Å²) in [5, 5.41) is 0. The number of likely N-dealkylation sites (tertiary alicyclic amines) is 1. The lowest BCUT2D eigenvalue weighted by molar-refractivity contribution is 0.0269. The van der Waals surface area contributed by atoms with Crippen LogP contribution in [0.4, 0.5) is 5.82 Å². The molecule has 1 atom stereocenters. The fourth-order valence-corrected chi connectivity index (χ4v) is 2.54. The maximum absolute atomic E-state index is 12.7. The largest absolute Gasteiger partial charge is 0.380 e. The maximum atomic E-state index is 12.7. The third-order valence-corrected chi connectivity index (χ3v) is 3.83. The predicted octanol–water partition coefficient (Wildman–Crippen LogP) is 1.74. The van der Waals surface area contributed by atoms with Gasteiger partial charge in [-0.15, -0.1) is 0 Å². The molecular weight excluding hydrogens is 268 g/mol. The van der Waals surface area contributed by atoms with Crippen LogP contribution in [0.3, 0.4) is 0 Å². The second-order valence-electron chi connectivity index (χ2n) is 5.72. The molecular formula is C15H24N4O2. The van der Waals surface area contributed by atoms with E-state index < -0.39 is 0 Å². The Morgan fingerprint density at radius 1 is 1.52 bits per heavy atom. The normalized spacial score (nSPS) is 18.9. The summed E-state index contributed by atoms with van der Waals surface area (Å²) in [5.41, 5.74) is 4.01. The molecule has 1 aliphatic heterocycles. The molecule has 1 fully saturated rings. The number of rotatable bonds is 4. The Morgan fingerprint density at radius 2 is 2.29 bits per heavy atom. The van der Waals surface area contributed by atoms with Crippen LogP contribution in [0.2, 0.25) is 0 Å². The van der Waals surface area contributed by atoms with Gasteiger partial charge in [-0.1, -0.05) is 13.8 Å². The number of hydrazine groups is 1. The van der Waals surface area contributed by atoms with E-state index in [1.807, 2.05) is 24.8 Å². The van der Waals surface area contributed by atoms with Gasteiger partial charge < -0.3 is 15.1 Å². The molecule has 0 saturated carbocycles. The van der Waals surface area contributed by atoms with Gasteiger partial charge in [-0.25, -0.2) is 10.8 Å². The first kappa shape index (κ1) is 15.7. The van der Waals surface area contributed by atoms with Gasteiger partial charge in [0.25, 0.3) is 5.91 Å². The SMILES string of the molecule is COC1CCCN(C(=O)c2cc(NN)nc(C(C)C)c2)C1. The molecule has 2 heterocycles. The van der Waals surface area contributed by atoms with Gasteiger partial charge in [0.2, 0.25) is 0 Å². The third-order valence-electron chi connectivity index (χ3n) is 3.83. The van der Waals surface area contributed by atoms with Crippen LogP contribution in [0.1, 0.15) is 48.7 Å². The van der Waals surface area contributed by atoms with Crippen molar-refractivity contribution in [2.45, 2.75) is 38.7 Å². The minimum Gasteiger partial charge on any atom is -0.380 e. The molecule has 21 heavy (non-hydrogen) atoms. The van der Waals surface area contributed by atoms with Crippen molar-refractivity contribution >= 4 is 11.7 Å². The topological polar surface area (TPSA) is 80.5 Å². The van der Waals surface area contributed by atoms with Crippen molar-refractivity contribution in [2.75, 3.05) is 25.6 Å². The van der Waals surface area contributed by atoms with Crippen LogP contribution in [-0.4, -0.2) is 42.1 Å². The van der Waals surface area contributed by atoms with Crippen LogP contribution in [0.5, 0.6) is 0 Å². The van der Waals surface area contributed by atoms with E-state index in [2.05, 4.69) is 10.4 Å². The minimum atomic E-state index is 0.0116. The van der Waals surface area contributed by atoms with Gasteiger partial charge in [-0.3, -0.25) is 4.79 Å². The number of nitrogens with zero attached hydrogens (tertiary/aromatic N) is 2.